The minimum atomic E-state index is 0.300. The highest BCUT2D eigenvalue weighted by Gasteiger charge is 2.18. The fourth-order valence-electron chi connectivity index (χ4n) is 2.32. The van der Waals surface area contributed by atoms with Crippen LogP contribution < -0.4 is 0 Å². The summed E-state index contributed by atoms with van der Waals surface area (Å²) in [6.45, 7) is 4.16. The number of aromatic nitrogens is 1. The first-order valence-corrected chi connectivity index (χ1v) is 5.67. The normalized spacial score (nSPS) is 11.3. The summed E-state index contributed by atoms with van der Waals surface area (Å²) >= 11 is 6.16. The van der Waals surface area contributed by atoms with Crippen LogP contribution in [-0.2, 0) is 7.05 Å². The fraction of sp³-hybridized carbons (Fsp3) is 0.308. The summed E-state index contributed by atoms with van der Waals surface area (Å²) in [6, 6.07) is 5.71. The lowest BCUT2D eigenvalue weighted by atomic mass is 10.0. The van der Waals surface area contributed by atoms with Gasteiger partial charge < -0.3 is 4.57 Å². The zero-order valence-electron chi connectivity index (χ0n) is 9.62. The van der Waals surface area contributed by atoms with E-state index in [1.54, 1.807) is 0 Å². The molecule has 0 saturated heterocycles. The molecule has 0 N–H and O–H groups in total. The molecule has 0 aliphatic rings. The molecule has 1 aromatic carbocycles. The Hall–Kier alpha value is -1.28. The number of nitrogens with zero attached hydrogens (tertiary/aromatic N) is 1. The van der Waals surface area contributed by atoms with Gasteiger partial charge in [0.05, 0.1) is 10.5 Å². The maximum atomic E-state index is 11.2. The minimum absolute atomic E-state index is 0.300. The first-order chi connectivity index (χ1) is 7.57. The lowest BCUT2D eigenvalue weighted by Crippen LogP contribution is -2.00. The lowest BCUT2D eigenvalue weighted by Gasteiger charge is -2.08. The van der Waals surface area contributed by atoms with Crippen molar-refractivity contribution < 1.29 is 4.79 Å². The highest BCUT2D eigenvalue weighted by atomic mass is 35.5. The fourth-order valence-corrected chi connectivity index (χ4v) is 2.59. The van der Waals surface area contributed by atoms with Crippen LogP contribution in [0, 0.1) is 0 Å². The van der Waals surface area contributed by atoms with Crippen molar-refractivity contribution in [1.82, 2.24) is 4.57 Å². The first-order valence-electron chi connectivity index (χ1n) is 5.30. The number of hydrogen-bond donors (Lipinski definition) is 0. The molecular formula is C13H14ClNO. The predicted molar refractivity (Wildman–Crippen MR) is 67.4 cm³/mol. The monoisotopic (exact) mass is 235 g/mol. The van der Waals surface area contributed by atoms with Gasteiger partial charge in [0.15, 0.2) is 6.29 Å². The molecule has 0 spiro atoms. The second kappa shape index (κ2) is 3.95. The molecule has 1 aromatic heterocycles. The minimum Gasteiger partial charge on any atom is -0.347 e. The van der Waals surface area contributed by atoms with Crippen molar-refractivity contribution in [3.63, 3.8) is 0 Å². The summed E-state index contributed by atoms with van der Waals surface area (Å²) in [5, 5.41) is 1.51. The van der Waals surface area contributed by atoms with E-state index in [2.05, 4.69) is 18.4 Å². The Morgan fingerprint density at radius 3 is 2.62 bits per heavy atom. The van der Waals surface area contributed by atoms with Crippen molar-refractivity contribution in [2.75, 3.05) is 0 Å². The molecule has 0 unspecified atom stereocenters. The lowest BCUT2D eigenvalue weighted by molar-refractivity contribution is 0.112. The molecule has 3 heteroatoms. The van der Waals surface area contributed by atoms with Gasteiger partial charge in [0, 0.05) is 23.7 Å². The second-order valence-corrected chi connectivity index (χ2v) is 4.67. The molecule has 2 aromatic rings. The summed E-state index contributed by atoms with van der Waals surface area (Å²) in [5.74, 6) is 0.300. The van der Waals surface area contributed by atoms with Crippen LogP contribution in [0.15, 0.2) is 18.2 Å². The topological polar surface area (TPSA) is 22.0 Å². The van der Waals surface area contributed by atoms with E-state index in [9.17, 15) is 4.79 Å². The van der Waals surface area contributed by atoms with E-state index in [4.69, 9.17) is 11.6 Å². The van der Waals surface area contributed by atoms with Crippen LogP contribution in [-0.4, -0.2) is 10.9 Å². The maximum absolute atomic E-state index is 11.2. The maximum Gasteiger partial charge on any atom is 0.152 e. The van der Waals surface area contributed by atoms with Gasteiger partial charge in [-0.05, 0) is 18.1 Å². The molecule has 2 nitrogen and oxygen atoms in total. The van der Waals surface area contributed by atoms with Gasteiger partial charge in [-0.15, -0.1) is 0 Å². The number of carbonyl (C=O) groups is 1. The molecule has 0 bridgehead atoms. The van der Waals surface area contributed by atoms with E-state index in [0.29, 0.717) is 10.9 Å². The number of benzene rings is 1. The van der Waals surface area contributed by atoms with Gasteiger partial charge in [-0.1, -0.05) is 31.5 Å². The van der Waals surface area contributed by atoms with Gasteiger partial charge in [-0.2, -0.15) is 0 Å². The van der Waals surface area contributed by atoms with Crippen LogP contribution in [0.5, 0.6) is 0 Å². The highest BCUT2D eigenvalue weighted by Crippen LogP contribution is 2.33. The largest absolute Gasteiger partial charge is 0.347 e. The van der Waals surface area contributed by atoms with Crippen molar-refractivity contribution in [1.29, 1.82) is 0 Å². The second-order valence-electron chi connectivity index (χ2n) is 4.26. The third-order valence-corrected chi connectivity index (χ3v) is 3.24. The average Bonchev–Trinajstić information content (AvgIpc) is 2.53. The molecule has 2 rings (SSSR count). The number of aryl methyl sites for hydroxylation is 1. The molecule has 1 heterocycles. The Morgan fingerprint density at radius 2 is 2.06 bits per heavy atom. The standard InChI is InChI=1S/C13H14ClNO/c1-8(2)13-9(7-16)12-10(14)5-4-6-11(12)15(13)3/h4-8H,1-3H3. The summed E-state index contributed by atoms with van der Waals surface area (Å²) in [5.41, 5.74) is 2.77. The molecule has 0 radical (unpaired) electrons. The predicted octanol–water partition coefficient (Wildman–Crippen LogP) is 3.77. The summed E-state index contributed by atoms with van der Waals surface area (Å²) in [4.78, 5) is 11.2. The van der Waals surface area contributed by atoms with E-state index >= 15 is 0 Å². The van der Waals surface area contributed by atoms with Crippen LogP contribution in [0.3, 0.4) is 0 Å². The number of hydrogen-bond acceptors (Lipinski definition) is 1. The highest BCUT2D eigenvalue weighted by molar-refractivity contribution is 6.36. The van der Waals surface area contributed by atoms with E-state index in [1.807, 2.05) is 25.2 Å². The molecule has 0 atom stereocenters. The van der Waals surface area contributed by atoms with Crippen LogP contribution >= 0.6 is 11.6 Å². The van der Waals surface area contributed by atoms with Crippen molar-refractivity contribution in [2.24, 2.45) is 7.05 Å². The van der Waals surface area contributed by atoms with Crippen LogP contribution in [0.2, 0.25) is 5.02 Å². The van der Waals surface area contributed by atoms with Crippen molar-refractivity contribution in [3.8, 4) is 0 Å². The first kappa shape index (κ1) is 11.2. The molecule has 0 fully saturated rings. The Morgan fingerprint density at radius 1 is 1.38 bits per heavy atom. The van der Waals surface area contributed by atoms with Gasteiger partial charge in [-0.3, -0.25) is 4.79 Å². The number of carbonyl (C=O) groups excluding carboxylic acids is 1. The van der Waals surface area contributed by atoms with Gasteiger partial charge in [0.25, 0.3) is 0 Å². The quantitative estimate of drug-likeness (QED) is 0.727. The van der Waals surface area contributed by atoms with E-state index in [-0.39, 0.29) is 0 Å². The molecule has 0 amide bonds. The third-order valence-electron chi connectivity index (χ3n) is 2.92. The van der Waals surface area contributed by atoms with Gasteiger partial charge in [0.1, 0.15) is 0 Å². The van der Waals surface area contributed by atoms with E-state index in [1.165, 1.54) is 0 Å². The van der Waals surface area contributed by atoms with Crippen molar-refractivity contribution in [2.45, 2.75) is 19.8 Å². The Labute approximate surface area is 99.8 Å². The van der Waals surface area contributed by atoms with Crippen molar-refractivity contribution >= 4 is 28.8 Å². The Balaban J connectivity index is 2.97. The smallest absolute Gasteiger partial charge is 0.152 e. The number of fused-ring (bicyclic) bond motifs is 1. The van der Waals surface area contributed by atoms with E-state index in [0.717, 1.165) is 28.4 Å². The molecule has 84 valence electrons. The van der Waals surface area contributed by atoms with Gasteiger partial charge in [0.2, 0.25) is 0 Å². The number of halogens is 1. The summed E-state index contributed by atoms with van der Waals surface area (Å²) < 4.78 is 2.05. The van der Waals surface area contributed by atoms with Gasteiger partial charge >= 0.3 is 0 Å². The SMILES string of the molecule is CC(C)c1c(C=O)c2c(Cl)cccc2n1C. The summed E-state index contributed by atoms with van der Waals surface area (Å²) in [6.07, 6.45) is 0.906. The van der Waals surface area contributed by atoms with E-state index < -0.39 is 0 Å². The summed E-state index contributed by atoms with van der Waals surface area (Å²) in [7, 11) is 1.97. The molecule has 16 heavy (non-hydrogen) atoms. The molecule has 0 aliphatic carbocycles. The third kappa shape index (κ3) is 1.45. The molecule has 0 saturated carbocycles. The van der Waals surface area contributed by atoms with Crippen molar-refractivity contribution in [3.05, 3.63) is 34.5 Å². The zero-order valence-corrected chi connectivity index (χ0v) is 10.4. The Kier molecular flexibility index (Phi) is 2.76. The van der Waals surface area contributed by atoms with Gasteiger partial charge in [-0.25, -0.2) is 0 Å². The molecular weight excluding hydrogens is 222 g/mol. The zero-order chi connectivity index (χ0) is 11.9. The van der Waals surface area contributed by atoms with Crippen LogP contribution in [0.4, 0.5) is 0 Å². The number of aldehydes is 1. The average molecular weight is 236 g/mol. The molecule has 0 aliphatic heterocycles. The number of rotatable bonds is 2. The Bertz CT molecular complexity index is 555. The van der Waals surface area contributed by atoms with Crippen LogP contribution in [0.25, 0.3) is 10.9 Å². The van der Waals surface area contributed by atoms with Crippen LogP contribution in [0.1, 0.15) is 35.8 Å².